The summed E-state index contributed by atoms with van der Waals surface area (Å²) < 4.78 is 5.42. The van der Waals surface area contributed by atoms with Crippen molar-refractivity contribution >= 4 is 5.69 Å². The fourth-order valence-electron chi connectivity index (χ4n) is 2.78. The second kappa shape index (κ2) is 4.67. The molecule has 3 heteroatoms. The minimum atomic E-state index is 0.694. The Labute approximate surface area is 103 Å². The third-order valence-corrected chi connectivity index (χ3v) is 3.91. The summed E-state index contributed by atoms with van der Waals surface area (Å²) >= 11 is 0. The maximum absolute atomic E-state index is 5.76. The molecule has 1 aromatic rings. The highest BCUT2D eigenvalue weighted by Gasteiger charge is 2.38. The monoisotopic (exact) mass is 232 g/mol. The lowest BCUT2D eigenvalue weighted by atomic mass is 10.1. The molecule has 1 saturated carbocycles. The second-order valence-electron chi connectivity index (χ2n) is 5.00. The maximum Gasteiger partial charge on any atom is 0.0642 e. The molecule has 0 amide bonds. The lowest BCUT2D eigenvalue weighted by Gasteiger charge is -2.30. The average molecular weight is 232 g/mol. The van der Waals surface area contributed by atoms with Crippen LogP contribution < -0.4 is 10.6 Å². The zero-order chi connectivity index (χ0) is 11.7. The normalized spacial score (nSPS) is 28.2. The molecule has 17 heavy (non-hydrogen) atoms. The van der Waals surface area contributed by atoms with E-state index in [9.17, 15) is 0 Å². The molecule has 2 unspecified atom stereocenters. The fourth-order valence-corrected chi connectivity index (χ4v) is 2.78. The molecule has 1 aliphatic heterocycles. The van der Waals surface area contributed by atoms with Crippen LogP contribution in [0.2, 0.25) is 0 Å². The average Bonchev–Trinajstić information content (AvgIpc) is 3.19. The topological polar surface area (TPSA) is 38.5 Å². The van der Waals surface area contributed by atoms with Crippen LogP contribution in [0, 0.1) is 5.92 Å². The van der Waals surface area contributed by atoms with Crippen LogP contribution in [0.3, 0.4) is 0 Å². The zero-order valence-corrected chi connectivity index (χ0v) is 10.1. The van der Waals surface area contributed by atoms with Crippen LogP contribution in [-0.2, 0) is 4.74 Å². The minimum Gasteiger partial charge on any atom is -0.378 e. The number of benzene rings is 1. The van der Waals surface area contributed by atoms with Crippen LogP contribution in [0.5, 0.6) is 0 Å². The van der Waals surface area contributed by atoms with Gasteiger partial charge < -0.3 is 15.4 Å². The summed E-state index contributed by atoms with van der Waals surface area (Å²) in [7, 11) is 0. The van der Waals surface area contributed by atoms with Gasteiger partial charge in [-0.2, -0.15) is 0 Å². The van der Waals surface area contributed by atoms with E-state index in [4.69, 9.17) is 10.5 Å². The van der Waals surface area contributed by atoms with E-state index in [2.05, 4.69) is 29.2 Å². The van der Waals surface area contributed by atoms with E-state index >= 15 is 0 Å². The molecule has 1 saturated heterocycles. The van der Waals surface area contributed by atoms with Crippen LogP contribution in [0.1, 0.15) is 17.9 Å². The molecule has 0 aromatic heterocycles. The van der Waals surface area contributed by atoms with Gasteiger partial charge in [0.05, 0.1) is 13.2 Å². The van der Waals surface area contributed by atoms with Crippen molar-refractivity contribution in [3.05, 3.63) is 29.8 Å². The molecule has 1 aromatic carbocycles. The number of morpholine rings is 1. The van der Waals surface area contributed by atoms with Crippen molar-refractivity contribution < 1.29 is 4.74 Å². The van der Waals surface area contributed by atoms with Gasteiger partial charge in [-0.25, -0.2) is 0 Å². The van der Waals surface area contributed by atoms with Gasteiger partial charge in [-0.05, 0) is 36.4 Å². The molecule has 2 N–H and O–H groups in total. The van der Waals surface area contributed by atoms with Gasteiger partial charge in [-0.15, -0.1) is 0 Å². The van der Waals surface area contributed by atoms with E-state index in [-0.39, 0.29) is 0 Å². The van der Waals surface area contributed by atoms with E-state index in [0.29, 0.717) is 11.8 Å². The molecule has 0 bridgehead atoms. The minimum absolute atomic E-state index is 0.694. The Morgan fingerprint density at radius 2 is 2.00 bits per heavy atom. The molecule has 1 heterocycles. The van der Waals surface area contributed by atoms with E-state index < -0.39 is 0 Å². The molecule has 0 radical (unpaired) electrons. The lowest BCUT2D eigenvalue weighted by Crippen LogP contribution is -2.36. The van der Waals surface area contributed by atoms with Gasteiger partial charge in [0, 0.05) is 18.8 Å². The van der Waals surface area contributed by atoms with Crippen molar-refractivity contribution in [1.82, 2.24) is 0 Å². The highest BCUT2D eigenvalue weighted by molar-refractivity contribution is 5.57. The molecule has 2 aliphatic rings. The first-order valence-corrected chi connectivity index (χ1v) is 6.52. The molecular weight excluding hydrogens is 212 g/mol. The molecule has 0 spiro atoms. The molecular formula is C14H20N2O. The van der Waals surface area contributed by atoms with Crippen molar-refractivity contribution in [3.63, 3.8) is 0 Å². The molecule has 3 nitrogen and oxygen atoms in total. The summed E-state index contributed by atoms with van der Waals surface area (Å²) in [6, 6.07) is 8.79. The molecule has 2 fully saturated rings. The van der Waals surface area contributed by atoms with E-state index in [1.807, 2.05) is 0 Å². The smallest absolute Gasteiger partial charge is 0.0642 e. The fraction of sp³-hybridized carbons (Fsp3) is 0.571. The van der Waals surface area contributed by atoms with Crippen LogP contribution in [0.4, 0.5) is 5.69 Å². The second-order valence-corrected chi connectivity index (χ2v) is 5.00. The summed E-state index contributed by atoms with van der Waals surface area (Å²) in [4.78, 5) is 2.45. The Bertz CT molecular complexity index is 388. The first-order chi connectivity index (χ1) is 8.40. The van der Waals surface area contributed by atoms with Crippen LogP contribution in [-0.4, -0.2) is 32.8 Å². The predicted octanol–water partition coefficient (Wildman–Crippen LogP) is 1.59. The summed E-state index contributed by atoms with van der Waals surface area (Å²) in [5, 5.41) is 0. The number of nitrogens with zero attached hydrogens (tertiary/aromatic N) is 1. The Morgan fingerprint density at radius 1 is 1.24 bits per heavy atom. The molecule has 1 aliphatic carbocycles. The van der Waals surface area contributed by atoms with Gasteiger partial charge in [0.15, 0.2) is 0 Å². The number of para-hydroxylation sites is 1. The van der Waals surface area contributed by atoms with Gasteiger partial charge in [0.1, 0.15) is 0 Å². The van der Waals surface area contributed by atoms with Crippen LogP contribution in [0.15, 0.2) is 24.3 Å². The first kappa shape index (κ1) is 11.1. The van der Waals surface area contributed by atoms with E-state index in [0.717, 1.165) is 32.8 Å². The Balaban J connectivity index is 1.83. The Morgan fingerprint density at radius 3 is 2.71 bits per heavy atom. The van der Waals surface area contributed by atoms with Crippen molar-refractivity contribution in [2.24, 2.45) is 11.7 Å². The Kier molecular flexibility index (Phi) is 3.04. The number of nitrogens with two attached hydrogens (primary N) is 1. The van der Waals surface area contributed by atoms with Crippen LogP contribution >= 0.6 is 0 Å². The van der Waals surface area contributed by atoms with Gasteiger partial charge in [-0.1, -0.05) is 18.2 Å². The van der Waals surface area contributed by atoms with Crippen LogP contribution in [0.25, 0.3) is 0 Å². The third-order valence-electron chi connectivity index (χ3n) is 3.91. The molecule has 2 atom stereocenters. The van der Waals surface area contributed by atoms with Crippen molar-refractivity contribution in [3.8, 4) is 0 Å². The largest absolute Gasteiger partial charge is 0.378 e. The Hall–Kier alpha value is -1.06. The van der Waals surface area contributed by atoms with E-state index in [1.54, 1.807) is 0 Å². The summed E-state index contributed by atoms with van der Waals surface area (Å²) in [6.45, 7) is 4.54. The standard InChI is InChI=1S/C14H20N2O/c15-10-11-9-13(11)12-3-1-2-4-14(12)16-5-7-17-8-6-16/h1-4,11,13H,5-10,15H2. The summed E-state index contributed by atoms with van der Waals surface area (Å²) in [5.41, 5.74) is 8.65. The maximum atomic E-state index is 5.76. The third kappa shape index (κ3) is 2.17. The van der Waals surface area contributed by atoms with Gasteiger partial charge in [0.2, 0.25) is 0 Å². The summed E-state index contributed by atoms with van der Waals surface area (Å²) in [6.07, 6.45) is 1.26. The quantitative estimate of drug-likeness (QED) is 0.860. The lowest BCUT2D eigenvalue weighted by molar-refractivity contribution is 0.122. The molecule has 3 rings (SSSR count). The SMILES string of the molecule is NCC1CC1c1ccccc1N1CCOCC1. The number of hydrogen-bond donors (Lipinski definition) is 1. The molecule has 92 valence electrons. The van der Waals surface area contributed by atoms with Crippen molar-refractivity contribution in [1.29, 1.82) is 0 Å². The predicted molar refractivity (Wildman–Crippen MR) is 69.4 cm³/mol. The number of rotatable bonds is 3. The first-order valence-electron chi connectivity index (χ1n) is 6.52. The van der Waals surface area contributed by atoms with Crippen molar-refractivity contribution in [2.45, 2.75) is 12.3 Å². The van der Waals surface area contributed by atoms with Gasteiger partial charge >= 0.3 is 0 Å². The number of ether oxygens (including phenoxy) is 1. The van der Waals surface area contributed by atoms with Gasteiger partial charge in [-0.3, -0.25) is 0 Å². The van der Waals surface area contributed by atoms with Crippen molar-refractivity contribution in [2.75, 3.05) is 37.7 Å². The number of anilines is 1. The van der Waals surface area contributed by atoms with Gasteiger partial charge in [0.25, 0.3) is 0 Å². The highest BCUT2D eigenvalue weighted by Crippen LogP contribution is 2.49. The highest BCUT2D eigenvalue weighted by atomic mass is 16.5. The number of hydrogen-bond acceptors (Lipinski definition) is 3. The summed E-state index contributed by atoms with van der Waals surface area (Å²) in [5.74, 6) is 1.40. The van der Waals surface area contributed by atoms with E-state index in [1.165, 1.54) is 17.7 Å². The zero-order valence-electron chi connectivity index (χ0n) is 10.1.